The van der Waals surface area contributed by atoms with Gasteiger partial charge in [0.15, 0.2) is 5.82 Å². The van der Waals surface area contributed by atoms with Crippen LogP contribution in [0.4, 0.5) is 5.82 Å². The molecule has 0 fully saturated rings. The zero-order valence-electron chi connectivity index (χ0n) is 11.5. The second kappa shape index (κ2) is 5.24. The van der Waals surface area contributed by atoms with Crippen LogP contribution in [0.15, 0.2) is 30.7 Å². The fraction of sp³-hybridized carbons (Fsp3) is 0.286. The van der Waals surface area contributed by atoms with Crippen molar-refractivity contribution in [2.24, 2.45) is 0 Å². The maximum absolute atomic E-state index is 4.42. The van der Waals surface area contributed by atoms with E-state index in [1.807, 2.05) is 29.8 Å². The summed E-state index contributed by atoms with van der Waals surface area (Å²) in [6, 6.07) is 4.06. The van der Waals surface area contributed by atoms with Gasteiger partial charge < -0.3 is 5.32 Å². The molecule has 0 bridgehead atoms. The van der Waals surface area contributed by atoms with Crippen LogP contribution in [0.1, 0.15) is 24.0 Å². The molecule has 6 heteroatoms. The van der Waals surface area contributed by atoms with Crippen molar-refractivity contribution < 1.29 is 0 Å². The largest absolute Gasteiger partial charge is 0.361 e. The molecule has 1 N–H and O–H groups in total. The number of fused-ring (bicyclic) bond motifs is 1. The van der Waals surface area contributed by atoms with Crippen LogP contribution < -0.4 is 5.32 Å². The lowest BCUT2D eigenvalue weighted by Crippen LogP contribution is -2.07. The summed E-state index contributed by atoms with van der Waals surface area (Å²) in [5, 5.41) is 11.5. The minimum Gasteiger partial charge on any atom is -0.361 e. The van der Waals surface area contributed by atoms with Crippen LogP contribution >= 0.6 is 0 Å². The summed E-state index contributed by atoms with van der Waals surface area (Å²) in [7, 11) is 0. The highest BCUT2D eigenvalue weighted by atomic mass is 15.3. The molecule has 20 heavy (non-hydrogen) atoms. The zero-order chi connectivity index (χ0) is 13.9. The van der Waals surface area contributed by atoms with Crippen molar-refractivity contribution in [1.29, 1.82) is 0 Å². The Kier molecular flexibility index (Phi) is 3.28. The fourth-order valence-electron chi connectivity index (χ4n) is 2.19. The van der Waals surface area contributed by atoms with Gasteiger partial charge in [-0.2, -0.15) is 0 Å². The molecule has 0 aliphatic rings. The van der Waals surface area contributed by atoms with Crippen LogP contribution in [-0.2, 0) is 13.0 Å². The van der Waals surface area contributed by atoms with Crippen LogP contribution in [0.5, 0.6) is 0 Å². The second-order valence-electron chi connectivity index (χ2n) is 4.53. The maximum Gasteiger partial charge on any atom is 0.203 e. The molecule has 0 aromatic carbocycles. The van der Waals surface area contributed by atoms with Crippen molar-refractivity contribution in [3.05, 3.63) is 47.8 Å². The molecule has 0 atom stereocenters. The molecule has 3 aromatic rings. The first-order chi connectivity index (χ1) is 9.79. The van der Waals surface area contributed by atoms with Gasteiger partial charge >= 0.3 is 0 Å². The summed E-state index contributed by atoms with van der Waals surface area (Å²) in [5.74, 6) is 1.57. The molecule has 0 unspecified atom stereocenters. The van der Waals surface area contributed by atoms with E-state index < -0.39 is 0 Å². The number of aromatic nitrogens is 5. The van der Waals surface area contributed by atoms with Gasteiger partial charge in [0, 0.05) is 18.6 Å². The fourth-order valence-corrected chi connectivity index (χ4v) is 2.19. The Balaban J connectivity index is 1.87. The average molecular weight is 268 g/mol. The lowest BCUT2D eigenvalue weighted by Gasteiger charge is -2.09. The molecular formula is C14H16N6. The number of anilines is 1. The molecule has 0 amide bonds. The summed E-state index contributed by atoms with van der Waals surface area (Å²) in [6.07, 6.45) is 6.37. The van der Waals surface area contributed by atoms with Crippen LogP contribution in [0, 0.1) is 6.92 Å². The Bertz CT molecular complexity index is 733. The number of nitrogens with zero attached hydrogens (tertiary/aromatic N) is 5. The van der Waals surface area contributed by atoms with Gasteiger partial charge in [0.2, 0.25) is 5.65 Å². The van der Waals surface area contributed by atoms with Crippen molar-refractivity contribution in [2.75, 3.05) is 5.32 Å². The van der Waals surface area contributed by atoms with Crippen molar-refractivity contribution in [1.82, 2.24) is 24.6 Å². The van der Waals surface area contributed by atoms with Crippen molar-refractivity contribution in [2.45, 2.75) is 26.8 Å². The van der Waals surface area contributed by atoms with Gasteiger partial charge in [0.1, 0.15) is 5.82 Å². The van der Waals surface area contributed by atoms with Gasteiger partial charge in [0.05, 0.1) is 12.2 Å². The molecule has 0 saturated heterocycles. The molecule has 3 aromatic heterocycles. The van der Waals surface area contributed by atoms with E-state index in [0.717, 1.165) is 29.4 Å². The lowest BCUT2D eigenvalue weighted by molar-refractivity contribution is 0.959. The summed E-state index contributed by atoms with van der Waals surface area (Å²) in [6.45, 7) is 4.67. The van der Waals surface area contributed by atoms with Gasteiger partial charge in [-0.3, -0.25) is 9.38 Å². The maximum atomic E-state index is 4.42. The highest BCUT2D eigenvalue weighted by Crippen LogP contribution is 2.14. The van der Waals surface area contributed by atoms with E-state index in [1.165, 1.54) is 5.56 Å². The first-order valence-electron chi connectivity index (χ1n) is 6.62. The number of hydrogen-bond donors (Lipinski definition) is 1. The summed E-state index contributed by atoms with van der Waals surface area (Å²) < 4.78 is 1.91. The summed E-state index contributed by atoms with van der Waals surface area (Å²) >= 11 is 0. The zero-order valence-corrected chi connectivity index (χ0v) is 11.5. The van der Waals surface area contributed by atoms with E-state index >= 15 is 0 Å². The molecule has 3 rings (SSSR count). The van der Waals surface area contributed by atoms with E-state index in [2.05, 4.69) is 38.5 Å². The molecule has 0 radical (unpaired) electrons. The molecule has 102 valence electrons. The highest BCUT2D eigenvalue weighted by Gasteiger charge is 2.08. The van der Waals surface area contributed by atoms with Crippen LogP contribution in [0.25, 0.3) is 5.65 Å². The minimum atomic E-state index is 0.628. The lowest BCUT2D eigenvalue weighted by atomic mass is 10.1. The average Bonchev–Trinajstić information content (AvgIpc) is 2.88. The second-order valence-corrected chi connectivity index (χ2v) is 4.53. The highest BCUT2D eigenvalue weighted by molar-refractivity contribution is 5.62. The standard InChI is InChI=1S/C14H16N6/c1-3-11-5-4-6-15-12(11)9-17-13-14-19-18-10(2)20(14)8-7-16-13/h4-8H,3,9H2,1-2H3,(H,16,17). The Morgan fingerprint density at radius 2 is 2.10 bits per heavy atom. The summed E-state index contributed by atoms with van der Waals surface area (Å²) in [5.41, 5.74) is 3.01. The Morgan fingerprint density at radius 3 is 2.95 bits per heavy atom. The van der Waals surface area contributed by atoms with E-state index in [-0.39, 0.29) is 0 Å². The third-order valence-corrected chi connectivity index (χ3v) is 3.29. The number of hydrogen-bond acceptors (Lipinski definition) is 5. The van der Waals surface area contributed by atoms with E-state index in [4.69, 9.17) is 0 Å². The van der Waals surface area contributed by atoms with E-state index in [1.54, 1.807) is 6.20 Å². The Labute approximate surface area is 116 Å². The van der Waals surface area contributed by atoms with E-state index in [0.29, 0.717) is 6.54 Å². The quantitative estimate of drug-likeness (QED) is 0.784. The van der Waals surface area contributed by atoms with Gasteiger partial charge in [-0.1, -0.05) is 13.0 Å². The van der Waals surface area contributed by atoms with Crippen molar-refractivity contribution >= 4 is 11.5 Å². The molecule has 6 nitrogen and oxygen atoms in total. The molecule has 0 aliphatic heterocycles. The first kappa shape index (κ1) is 12.5. The van der Waals surface area contributed by atoms with Gasteiger partial charge in [-0.25, -0.2) is 4.98 Å². The van der Waals surface area contributed by atoms with Crippen molar-refractivity contribution in [3.63, 3.8) is 0 Å². The van der Waals surface area contributed by atoms with Crippen LogP contribution in [0.3, 0.4) is 0 Å². The molecule has 0 spiro atoms. The Hall–Kier alpha value is -2.50. The molecule has 0 aliphatic carbocycles. The van der Waals surface area contributed by atoms with Gasteiger partial charge in [0.25, 0.3) is 0 Å². The van der Waals surface area contributed by atoms with E-state index in [9.17, 15) is 0 Å². The molecule has 3 heterocycles. The molecular weight excluding hydrogens is 252 g/mol. The predicted octanol–water partition coefficient (Wildman–Crippen LogP) is 2.00. The smallest absolute Gasteiger partial charge is 0.203 e. The van der Waals surface area contributed by atoms with Crippen LogP contribution in [-0.4, -0.2) is 24.6 Å². The molecule has 0 saturated carbocycles. The van der Waals surface area contributed by atoms with Gasteiger partial charge in [-0.15, -0.1) is 10.2 Å². The predicted molar refractivity (Wildman–Crippen MR) is 76.5 cm³/mol. The third-order valence-electron chi connectivity index (χ3n) is 3.29. The number of rotatable bonds is 4. The SMILES string of the molecule is CCc1cccnc1CNc1nccn2c(C)nnc12. The topological polar surface area (TPSA) is 68.0 Å². The third kappa shape index (κ3) is 2.20. The monoisotopic (exact) mass is 268 g/mol. The first-order valence-corrected chi connectivity index (χ1v) is 6.62. The van der Waals surface area contributed by atoms with Gasteiger partial charge in [-0.05, 0) is 25.0 Å². The number of nitrogens with one attached hydrogen (secondary N) is 1. The Morgan fingerprint density at radius 1 is 1.20 bits per heavy atom. The number of pyridine rings is 1. The minimum absolute atomic E-state index is 0.628. The normalized spacial score (nSPS) is 10.9. The van der Waals surface area contributed by atoms with Crippen molar-refractivity contribution in [3.8, 4) is 0 Å². The summed E-state index contributed by atoms with van der Waals surface area (Å²) in [4.78, 5) is 8.75. The number of aryl methyl sites for hydroxylation is 2. The van der Waals surface area contributed by atoms with Crippen LogP contribution in [0.2, 0.25) is 0 Å².